The summed E-state index contributed by atoms with van der Waals surface area (Å²) in [5, 5.41) is 3.35. The zero-order valence-corrected chi connectivity index (χ0v) is 11.5. The number of benzene rings is 1. The smallest absolute Gasteiger partial charge is 0.207 e. The van der Waals surface area contributed by atoms with E-state index in [0.717, 1.165) is 11.6 Å². The van der Waals surface area contributed by atoms with Crippen LogP contribution in [0.1, 0.15) is 45.2 Å². The van der Waals surface area contributed by atoms with Crippen molar-refractivity contribution in [2.24, 2.45) is 0 Å². The maximum atomic E-state index is 4.34. The summed E-state index contributed by atoms with van der Waals surface area (Å²) in [7, 11) is 0. The molecule has 0 spiro atoms. The number of aromatic nitrogens is 2. The Labute approximate surface area is 109 Å². The van der Waals surface area contributed by atoms with Crippen LogP contribution in [-0.4, -0.2) is 9.55 Å². The highest BCUT2D eigenvalue weighted by Gasteiger charge is 2.06. The Morgan fingerprint density at radius 2 is 1.72 bits per heavy atom. The van der Waals surface area contributed by atoms with E-state index in [9.17, 15) is 0 Å². The first-order valence-corrected chi connectivity index (χ1v) is 6.47. The Hall–Kier alpha value is -1.77. The Morgan fingerprint density at radius 3 is 2.28 bits per heavy atom. The lowest BCUT2D eigenvalue weighted by atomic mass is 10.0. The second-order valence-corrected chi connectivity index (χ2v) is 5.15. The van der Waals surface area contributed by atoms with Gasteiger partial charge in [0.05, 0.1) is 0 Å². The SMILES string of the molecule is CC(C)c1ccc(Nc2nccn2C(C)C)cc1. The number of hydrogen-bond donors (Lipinski definition) is 1. The Kier molecular flexibility index (Phi) is 3.70. The molecule has 0 unspecified atom stereocenters. The maximum absolute atomic E-state index is 4.34. The van der Waals surface area contributed by atoms with Gasteiger partial charge in [-0.2, -0.15) is 0 Å². The number of anilines is 2. The van der Waals surface area contributed by atoms with E-state index in [1.165, 1.54) is 5.56 Å². The molecule has 0 aliphatic rings. The molecule has 0 aliphatic carbocycles. The molecule has 0 bridgehead atoms. The van der Waals surface area contributed by atoms with Crippen molar-refractivity contribution < 1.29 is 0 Å². The molecule has 1 aromatic heterocycles. The van der Waals surface area contributed by atoms with Crippen LogP contribution >= 0.6 is 0 Å². The van der Waals surface area contributed by atoms with Crippen molar-refractivity contribution in [3.63, 3.8) is 0 Å². The van der Waals surface area contributed by atoms with Crippen LogP contribution in [0.2, 0.25) is 0 Å². The summed E-state index contributed by atoms with van der Waals surface area (Å²) >= 11 is 0. The molecule has 1 heterocycles. The molecule has 3 nitrogen and oxygen atoms in total. The highest BCUT2D eigenvalue weighted by molar-refractivity contribution is 5.54. The van der Waals surface area contributed by atoms with E-state index >= 15 is 0 Å². The number of rotatable bonds is 4. The molecule has 0 saturated carbocycles. The topological polar surface area (TPSA) is 29.9 Å². The van der Waals surface area contributed by atoms with Crippen molar-refractivity contribution in [3.8, 4) is 0 Å². The first kappa shape index (κ1) is 12.7. The summed E-state index contributed by atoms with van der Waals surface area (Å²) in [6, 6.07) is 8.94. The van der Waals surface area contributed by atoms with Crippen LogP contribution in [0.25, 0.3) is 0 Å². The molecule has 0 aliphatic heterocycles. The molecule has 2 rings (SSSR count). The van der Waals surface area contributed by atoms with Gasteiger partial charge in [0.15, 0.2) is 0 Å². The zero-order chi connectivity index (χ0) is 13.1. The van der Waals surface area contributed by atoms with Crippen molar-refractivity contribution in [1.82, 2.24) is 9.55 Å². The number of nitrogens with zero attached hydrogens (tertiary/aromatic N) is 2. The monoisotopic (exact) mass is 243 g/mol. The molecule has 1 N–H and O–H groups in total. The fourth-order valence-electron chi connectivity index (χ4n) is 1.91. The normalized spacial score (nSPS) is 11.2. The van der Waals surface area contributed by atoms with E-state index in [1.54, 1.807) is 0 Å². The number of hydrogen-bond acceptors (Lipinski definition) is 2. The highest BCUT2D eigenvalue weighted by atomic mass is 15.2. The lowest BCUT2D eigenvalue weighted by molar-refractivity contribution is 0.608. The third-order valence-electron chi connectivity index (χ3n) is 3.06. The van der Waals surface area contributed by atoms with E-state index in [1.807, 2.05) is 12.4 Å². The van der Waals surface area contributed by atoms with Crippen molar-refractivity contribution in [1.29, 1.82) is 0 Å². The van der Waals surface area contributed by atoms with Crippen LogP contribution in [0, 0.1) is 0 Å². The molecular formula is C15H21N3. The summed E-state index contributed by atoms with van der Waals surface area (Å²) in [6.07, 6.45) is 3.82. The molecule has 0 saturated heterocycles. The van der Waals surface area contributed by atoms with Gasteiger partial charge in [-0.25, -0.2) is 4.98 Å². The zero-order valence-electron chi connectivity index (χ0n) is 11.5. The van der Waals surface area contributed by atoms with Crippen LogP contribution in [0.5, 0.6) is 0 Å². The fourth-order valence-corrected chi connectivity index (χ4v) is 1.91. The molecule has 96 valence electrons. The lowest BCUT2D eigenvalue weighted by Gasteiger charge is -2.13. The molecule has 1 aromatic carbocycles. The standard InChI is InChI=1S/C15H21N3/c1-11(2)13-5-7-14(8-6-13)17-15-16-9-10-18(15)12(3)4/h5-12H,1-4H3,(H,16,17). The van der Waals surface area contributed by atoms with Gasteiger partial charge in [0.2, 0.25) is 5.95 Å². The maximum Gasteiger partial charge on any atom is 0.207 e. The molecule has 0 atom stereocenters. The third kappa shape index (κ3) is 2.73. The molecule has 18 heavy (non-hydrogen) atoms. The Morgan fingerprint density at radius 1 is 1.06 bits per heavy atom. The largest absolute Gasteiger partial charge is 0.326 e. The highest BCUT2D eigenvalue weighted by Crippen LogP contribution is 2.21. The van der Waals surface area contributed by atoms with Gasteiger partial charge in [0.25, 0.3) is 0 Å². The van der Waals surface area contributed by atoms with Gasteiger partial charge in [-0.05, 0) is 37.5 Å². The summed E-state index contributed by atoms with van der Waals surface area (Å²) in [5.74, 6) is 1.46. The van der Waals surface area contributed by atoms with Gasteiger partial charge in [0, 0.05) is 24.1 Å². The second kappa shape index (κ2) is 5.25. The molecule has 2 aromatic rings. The van der Waals surface area contributed by atoms with Crippen LogP contribution in [0.4, 0.5) is 11.6 Å². The molecule has 3 heteroatoms. The van der Waals surface area contributed by atoms with Gasteiger partial charge in [-0.15, -0.1) is 0 Å². The fraction of sp³-hybridized carbons (Fsp3) is 0.400. The summed E-state index contributed by atoms with van der Waals surface area (Å²) in [4.78, 5) is 4.34. The van der Waals surface area contributed by atoms with Crippen molar-refractivity contribution in [2.45, 2.75) is 39.7 Å². The van der Waals surface area contributed by atoms with Crippen LogP contribution in [0.15, 0.2) is 36.7 Å². The molecule has 0 radical (unpaired) electrons. The number of nitrogens with one attached hydrogen (secondary N) is 1. The average molecular weight is 243 g/mol. The first-order chi connectivity index (χ1) is 8.58. The van der Waals surface area contributed by atoms with Crippen molar-refractivity contribution >= 4 is 11.6 Å². The van der Waals surface area contributed by atoms with Gasteiger partial charge in [-0.1, -0.05) is 26.0 Å². The van der Waals surface area contributed by atoms with Gasteiger partial charge >= 0.3 is 0 Å². The average Bonchev–Trinajstić information content (AvgIpc) is 2.78. The molecule has 0 fully saturated rings. The van der Waals surface area contributed by atoms with Crippen LogP contribution in [-0.2, 0) is 0 Å². The van der Waals surface area contributed by atoms with Gasteiger partial charge < -0.3 is 9.88 Å². The minimum atomic E-state index is 0.407. The Balaban J connectivity index is 2.16. The van der Waals surface area contributed by atoms with E-state index < -0.39 is 0 Å². The van der Waals surface area contributed by atoms with E-state index in [-0.39, 0.29) is 0 Å². The van der Waals surface area contributed by atoms with E-state index in [4.69, 9.17) is 0 Å². The van der Waals surface area contributed by atoms with Crippen LogP contribution < -0.4 is 5.32 Å². The van der Waals surface area contributed by atoms with E-state index in [2.05, 4.69) is 66.8 Å². The van der Waals surface area contributed by atoms with Crippen LogP contribution in [0.3, 0.4) is 0 Å². The number of imidazole rings is 1. The van der Waals surface area contributed by atoms with E-state index in [0.29, 0.717) is 12.0 Å². The molecular weight excluding hydrogens is 222 g/mol. The predicted octanol–water partition coefficient (Wildman–Crippen LogP) is 4.33. The van der Waals surface area contributed by atoms with Gasteiger partial charge in [0.1, 0.15) is 0 Å². The Bertz CT molecular complexity index is 495. The minimum Gasteiger partial charge on any atom is -0.326 e. The molecule has 0 amide bonds. The summed E-state index contributed by atoms with van der Waals surface area (Å²) in [5.41, 5.74) is 2.43. The van der Waals surface area contributed by atoms with Crippen molar-refractivity contribution in [3.05, 3.63) is 42.2 Å². The quantitative estimate of drug-likeness (QED) is 0.866. The lowest BCUT2D eigenvalue weighted by Crippen LogP contribution is -2.05. The third-order valence-corrected chi connectivity index (χ3v) is 3.06. The summed E-state index contributed by atoms with van der Waals surface area (Å²) in [6.45, 7) is 8.70. The summed E-state index contributed by atoms with van der Waals surface area (Å²) < 4.78 is 2.12. The predicted molar refractivity (Wildman–Crippen MR) is 76.4 cm³/mol. The second-order valence-electron chi connectivity index (χ2n) is 5.15. The first-order valence-electron chi connectivity index (χ1n) is 6.47. The minimum absolute atomic E-state index is 0.407. The van der Waals surface area contributed by atoms with Gasteiger partial charge in [-0.3, -0.25) is 0 Å². The van der Waals surface area contributed by atoms with Crippen molar-refractivity contribution in [2.75, 3.05) is 5.32 Å².